The molecule has 1 aliphatic carbocycles. The van der Waals surface area contributed by atoms with Gasteiger partial charge in [0, 0.05) is 12.1 Å². The Balaban J connectivity index is 2.05. The lowest BCUT2D eigenvalue weighted by Crippen LogP contribution is -2.25. The number of nitrogens with one attached hydrogen (secondary N) is 1. The lowest BCUT2D eigenvalue weighted by atomic mass is 9.89. The molecule has 1 aromatic rings. The molecule has 1 fully saturated rings. The van der Waals surface area contributed by atoms with Crippen LogP contribution in [0, 0.1) is 11.7 Å². The van der Waals surface area contributed by atoms with Gasteiger partial charge in [-0.25, -0.2) is 9.37 Å². The maximum absolute atomic E-state index is 13.3. The number of hydrogen-bond donors (Lipinski definition) is 1. The van der Waals surface area contributed by atoms with Crippen molar-refractivity contribution >= 4 is 0 Å². The van der Waals surface area contributed by atoms with Crippen LogP contribution in [0.15, 0.2) is 12.3 Å². The first-order valence-corrected chi connectivity index (χ1v) is 7.20. The molecule has 0 bridgehead atoms. The summed E-state index contributed by atoms with van der Waals surface area (Å²) in [7, 11) is 0. The van der Waals surface area contributed by atoms with Crippen LogP contribution in [0.3, 0.4) is 0 Å². The van der Waals surface area contributed by atoms with E-state index in [4.69, 9.17) is 4.74 Å². The summed E-state index contributed by atoms with van der Waals surface area (Å²) in [5.74, 6) is 0.982. The number of ether oxygens (including phenoxy) is 1. The summed E-state index contributed by atoms with van der Waals surface area (Å²) < 4.78 is 19.3. The van der Waals surface area contributed by atoms with E-state index in [1.165, 1.54) is 25.1 Å². The van der Waals surface area contributed by atoms with Crippen molar-refractivity contribution < 1.29 is 9.13 Å². The molecule has 19 heavy (non-hydrogen) atoms. The van der Waals surface area contributed by atoms with E-state index in [1.807, 2.05) is 6.92 Å². The van der Waals surface area contributed by atoms with Gasteiger partial charge in [0.05, 0.1) is 6.20 Å². The van der Waals surface area contributed by atoms with Crippen LogP contribution in [0.2, 0.25) is 0 Å². The van der Waals surface area contributed by atoms with Crippen molar-refractivity contribution in [2.45, 2.75) is 52.2 Å². The second-order valence-electron chi connectivity index (χ2n) is 5.41. The van der Waals surface area contributed by atoms with Gasteiger partial charge in [-0.2, -0.15) is 0 Å². The molecule has 1 saturated carbocycles. The zero-order chi connectivity index (χ0) is 13.7. The Kier molecular flexibility index (Phi) is 5.14. The highest BCUT2D eigenvalue weighted by Gasteiger charge is 2.21. The summed E-state index contributed by atoms with van der Waals surface area (Å²) in [6.07, 6.45) is 6.08. The van der Waals surface area contributed by atoms with Gasteiger partial charge in [-0.15, -0.1) is 0 Å². The Morgan fingerprint density at radius 1 is 1.47 bits per heavy atom. The van der Waals surface area contributed by atoms with Crippen molar-refractivity contribution in [1.82, 2.24) is 10.3 Å². The summed E-state index contributed by atoms with van der Waals surface area (Å²) in [4.78, 5) is 4.11. The van der Waals surface area contributed by atoms with Crippen LogP contribution in [-0.4, -0.2) is 17.6 Å². The summed E-state index contributed by atoms with van der Waals surface area (Å²) in [6.45, 7) is 5.72. The van der Waals surface area contributed by atoms with Gasteiger partial charge in [0.1, 0.15) is 11.9 Å². The average molecular weight is 266 g/mol. The predicted molar refractivity (Wildman–Crippen MR) is 73.6 cm³/mol. The first-order chi connectivity index (χ1) is 9.19. The first-order valence-electron chi connectivity index (χ1n) is 7.20. The number of aromatic nitrogens is 1. The molecule has 1 aliphatic rings. The number of hydrogen-bond acceptors (Lipinski definition) is 3. The third kappa shape index (κ3) is 4.16. The zero-order valence-electron chi connectivity index (χ0n) is 11.8. The molecule has 0 spiro atoms. The SMILES string of the molecule is CCNCc1cc(F)cnc1OC1CCCC(C)C1. The van der Waals surface area contributed by atoms with Gasteiger partial charge < -0.3 is 10.1 Å². The molecule has 4 heteroatoms. The third-order valence-corrected chi connectivity index (χ3v) is 3.62. The molecule has 106 valence electrons. The number of halogens is 1. The van der Waals surface area contributed by atoms with Crippen molar-refractivity contribution in [2.24, 2.45) is 5.92 Å². The quantitative estimate of drug-likeness (QED) is 0.888. The van der Waals surface area contributed by atoms with E-state index >= 15 is 0 Å². The molecule has 2 rings (SSSR count). The van der Waals surface area contributed by atoms with Crippen molar-refractivity contribution in [3.8, 4) is 5.88 Å². The molecule has 0 amide bonds. The standard InChI is InChI=1S/C15H23FN2O/c1-3-17-9-12-8-13(16)10-18-15(12)19-14-6-4-5-11(2)7-14/h8,10-11,14,17H,3-7,9H2,1-2H3. The topological polar surface area (TPSA) is 34.2 Å². The van der Waals surface area contributed by atoms with E-state index in [1.54, 1.807) is 0 Å². The number of nitrogens with zero attached hydrogens (tertiary/aromatic N) is 1. The minimum atomic E-state index is -0.308. The van der Waals surface area contributed by atoms with Crippen LogP contribution >= 0.6 is 0 Å². The van der Waals surface area contributed by atoms with Crippen LogP contribution in [0.4, 0.5) is 4.39 Å². The van der Waals surface area contributed by atoms with Crippen LogP contribution in [0.1, 0.15) is 45.1 Å². The first kappa shape index (κ1) is 14.3. The summed E-state index contributed by atoms with van der Waals surface area (Å²) >= 11 is 0. The fourth-order valence-electron chi connectivity index (χ4n) is 2.60. The molecule has 0 aromatic carbocycles. The fourth-order valence-corrected chi connectivity index (χ4v) is 2.60. The van der Waals surface area contributed by atoms with E-state index in [0.29, 0.717) is 18.3 Å². The number of pyridine rings is 1. The van der Waals surface area contributed by atoms with Crippen LogP contribution in [0.5, 0.6) is 5.88 Å². The molecule has 1 aromatic heterocycles. The molecule has 3 nitrogen and oxygen atoms in total. The van der Waals surface area contributed by atoms with Crippen molar-refractivity contribution in [2.75, 3.05) is 6.54 Å². The highest BCUT2D eigenvalue weighted by Crippen LogP contribution is 2.28. The highest BCUT2D eigenvalue weighted by atomic mass is 19.1. The Hall–Kier alpha value is -1.16. The van der Waals surface area contributed by atoms with Crippen LogP contribution in [-0.2, 0) is 6.54 Å². The normalized spacial score (nSPS) is 23.3. The minimum Gasteiger partial charge on any atom is -0.474 e. The van der Waals surface area contributed by atoms with Gasteiger partial charge in [-0.3, -0.25) is 0 Å². The second-order valence-corrected chi connectivity index (χ2v) is 5.41. The predicted octanol–water partition coefficient (Wildman–Crippen LogP) is 3.29. The maximum atomic E-state index is 13.3. The van der Waals surface area contributed by atoms with E-state index in [2.05, 4.69) is 17.2 Å². The molecular formula is C15H23FN2O. The van der Waals surface area contributed by atoms with Crippen LogP contribution in [0.25, 0.3) is 0 Å². The molecule has 0 radical (unpaired) electrons. The smallest absolute Gasteiger partial charge is 0.218 e. The van der Waals surface area contributed by atoms with Crippen molar-refractivity contribution in [1.29, 1.82) is 0 Å². The third-order valence-electron chi connectivity index (χ3n) is 3.62. The van der Waals surface area contributed by atoms with Crippen LogP contribution < -0.4 is 10.1 Å². The summed E-state index contributed by atoms with van der Waals surface area (Å²) in [5.41, 5.74) is 0.806. The van der Waals surface area contributed by atoms with Gasteiger partial charge in [-0.05, 0) is 37.8 Å². The van der Waals surface area contributed by atoms with E-state index in [-0.39, 0.29) is 11.9 Å². The summed E-state index contributed by atoms with van der Waals surface area (Å²) in [6, 6.07) is 1.51. The lowest BCUT2D eigenvalue weighted by molar-refractivity contribution is 0.122. The molecule has 2 unspecified atom stereocenters. The van der Waals surface area contributed by atoms with Gasteiger partial charge >= 0.3 is 0 Å². The fraction of sp³-hybridized carbons (Fsp3) is 0.667. The molecule has 1 N–H and O–H groups in total. The van der Waals surface area contributed by atoms with Crippen molar-refractivity contribution in [3.63, 3.8) is 0 Å². The van der Waals surface area contributed by atoms with E-state index in [9.17, 15) is 4.39 Å². The minimum absolute atomic E-state index is 0.224. The molecule has 1 heterocycles. The van der Waals surface area contributed by atoms with Gasteiger partial charge in [0.15, 0.2) is 0 Å². The largest absolute Gasteiger partial charge is 0.474 e. The molecule has 2 atom stereocenters. The Bertz CT molecular complexity index is 411. The second kappa shape index (κ2) is 6.85. The lowest BCUT2D eigenvalue weighted by Gasteiger charge is -2.27. The molecule has 0 aliphatic heterocycles. The zero-order valence-corrected chi connectivity index (χ0v) is 11.8. The van der Waals surface area contributed by atoms with E-state index in [0.717, 1.165) is 24.9 Å². The van der Waals surface area contributed by atoms with Crippen molar-refractivity contribution in [3.05, 3.63) is 23.6 Å². The van der Waals surface area contributed by atoms with Gasteiger partial charge in [-0.1, -0.05) is 20.3 Å². The molecular weight excluding hydrogens is 243 g/mol. The average Bonchev–Trinajstić information content (AvgIpc) is 2.39. The van der Waals surface area contributed by atoms with Gasteiger partial charge in [0.25, 0.3) is 0 Å². The summed E-state index contributed by atoms with van der Waals surface area (Å²) in [5, 5.41) is 3.19. The maximum Gasteiger partial charge on any atom is 0.218 e. The Labute approximate surface area is 114 Å². The Morgan fingerprint density at radius 3 is 3.05 bits per heavy atom. The Morgan fingerprint density at radius 2 is 2.32 bits per heavy atom. The number of rotatable bonds is 5. The van der Waals surface area contributed by atoms with E-state index < -0.39 is 0 Å². The highest BCUT2D eigenvalue weighted by molar-refractivity contribution is 5.26. The monoisotopic (exact) mass is 266 g/mol. The van der Waals surface area contributed by atoms with Gasteiger partial charge in [0.2, 0.25) is 5.88 Å². The molecule has 0 saturated heterocycles.